The quantitative estimate of drug-likeness (QED) is 0.402. The zero-order valence-electron chi connectivity index (χ0n) is 16.5. The van der Waals surface area contributed by atoms with Gasteiger partial charge in [-0.1, -0.05) is 6.92 Å². The highest BCUT2D eigenvalue weighted by Gasteiger charge is 2.47. The summed E-state index contributed by atoms with van der Waals surface area (Å²) in [5.41, 5.74) is -6.11. The van der Waals surface area contributed by atoms with Gasteiger partial charge in [0.25, 0.3) is 9.84 Å². The van der Waals surface area contributed by atoms with Gasteiger partial charge in [0.2, 0.25) is 5.89 Å². The smallest absolute Gasteiger partial charge is 0.435 e. The third kappa shape index (κ3) is 4.04. The van der Waals surface area contributed by atoms with Gasteiger partial charge >= 0.3 is 5.51 Å². The van der Waals surface area contributed by atoms with Gasteiger partial charge < -0.3 is 4.42 Å². The number of benzene rings is 1. The number of hydrogen-bond acceptors (Lipinski definition) is 10. The Labute approximate surface area is 184 Å². The van der Waals surface area contributed by atoms with Crippen molar-refractivity contribution in [2.24, 2.45) is 0 Å². The summed E-state index contributed by atoms with van der Waals surface area (Å²) in [4.78, 5) is 18.7. The molecular formula is C18H12F3N5O5S2. The Morgan fingerprint density at radius 1 is 0.970 bits per heavy atom. The second-order valence-electron chi connectivity index (χ2n) is 6.48. The first-order valence-corrected chi connectivity index (χ1v) is 12.2. The van der Waals surface area contributed by atoms with Crippen molar-refractivity contribution >= 4 is 30.8 Å². The molecule has 0 unspecified atom stereocenters. The summed E-state index contributed by atoms with van der Waals surface area (Å²) in [6.07, 6.45) is 3.87. The Bertz CT molecular complexity index is 1570. The van der Waals surface area contributed by atoms with E-state index in [1.807, 2.05) is 0 Å². The van der Waals surface area contributed by atoms with Gasteiger partial charge in [-0.2, -0.15) is 13.2 Å². The molecule has 0 amide bonds. The van der Waals surface area contributed by atoms with Crippen LogP contribution in [0.25, 0.3) is 34.3 Å². The van der Waals surface area contributed by atoms with Crippen molar-refractivity contribution in [3.8, 4) is 23.2 Å². The predicted octanol–water partition coefficient (Wildman–Crippen LogP) is 2.83. The second kappa shape index (κ2) is 7.84. The van der Waals surface area contributed by atoms with Gasteiger partial charge in [-0.15, -0.1) is 0 Å². The Hall–Kier alpha value is -3.46. The van der Waals surface area contributed by atoms with Gasteiger partial charge in [0.15, 0.2) is 27.1 Å². The zero-order valence-corrected chi connectivity index (χ0v) is 18.1. The molecule has 0 saturated heterocycles. The van der Waals surface area contributed by atoms with Crippen LogP contribution in [-0.2, 0) is 19.7 Å². The van der Waals surface area contributed by atoms with Crippen molar-refractivity contribution in [1.82, 2.24) is 24.9 Å². The second-order valence-corrected chi connectivity index (χ2v) is 10.7. The lowest BCUT2D eigenvalue weighted by Crippen LogP contribution is -2.23. The molecule has 0 atom stereocenters. The van der Waals surface area contributed by atoms with Gasteiger partial charge in [-0.3, -0.25) is 0 Å². The fourth-order valence-corrected chi connectivity index (χ4v) is 4.47. The van der Waals surface area contributed by atoms with E-state index in [-0.39, 0.29) is 45.0 Å². The number of nitrogens with zero attached hydrogens (tertiary/aromatic N) is 5. The van der Waals surface area contributed by atoms with E-state index in [0.29, 0.717) is 12.1 Å². The molecule has 0 fully saturated rings. The van der Waals surface area contributed by atoms with Gasteiger partial charge in [0.05, 0.1) is 16.8 Å². The number of aromatic nitrogens is 5. The average molecular weight is 499 g/mol. The number of rotatable bonds is 5. The summed E-state index contributed by atoms with van der Waals surface area (Å²) in [6.45, 7) is 1.40. The van der Waals surface area contributed by atoms with Gasteiger partial charge in [-0.25, -0.2) is 41.8 Å². The number of oxazole rings is 1. The lowest BCUT2D eigenvalue weighted by Gasteiger charge is -2.07. The molecule has 0 spiro atoms. The van der Waals surface area contributed by atoms with Crippen LogP contribution in [0.15, 0.2) is 57.1 Å². The normalized spacial score (nSPS) is 12.8. The third-order valence-electron chi connectivity index (χ3n) is 4.41. The first kappa shape index (κ1) is 22.7. The summed E-state index contributed by atoms with van der Waals surface area (Å²) >= 11 is 0. The summed E-state index contributed by atoms with van der Waals surface area (Å²) in [7, 11) is -9.50. The lowest BCUT2D eigenvalue weighted by molar-refractivity contribution is -0.0435. The molecule has 3 aromatic heterocycles. The van der Waals surface area contributed by atoms with Gasteiger partial charge in [0, 0.05) is 12.4 Å². The lowest BCUT2D eigenvalue weighted by atomic mass is 10.3. The summed E-state index contributed by atoms with van der Waals surface area (Å²) in [6, 6.07) is 3.93. The van der Waals surface area contributed by atoms with Crippen LogP contribution in [0.2, 0.25) is 0 Å². The van der Waals surface area contributed by atoms with Crippen molar-refractivity contribution in [2.75, 3.05) is 5.75 Å². The number of alkyl halides is 3. The number of fused-ring (bicyclic) bond motifs is 1. The van der Waals surface area contributed by atoms with Crippen LogP contribution in [0.1, 0.15) is 6.92 Å². The maximum atomic E-state index is 12.9. The van der Waals surface area contributed by atoms with Gasteiger partial charge in [-0.05, 0) is 24.3 Å². The molecule has 1 aromatic carbocycles. The standard InChI is InChI=1S/C18H12F3N5O5S2/c1-2-32(27,28)13-9-24-16(15-22-6-3-7-23-15)26-14(13)17-25-11-8-10(4-5-12(11)31-17)33(29,30)18(19,20)21/h3-9H,2H2,1H3. The molecule has 10 nitrogen and oxygen atoms in total. The van der Waals surface area contributed by atoms with Crippen LogP contribution < -0.4 is 0 Å². The van der Waals surface area contributed by atoms with Crippen molar-refractivity contribution in [3.05, 3.63) is 42.9 Å². The van der Waals surface area contributed by atoms with E-state index in [2.05, 4.69) is 24.9 Å². The Balaban J connectivity index is 1.92. The highest BCUT2D eigenvalue weighted by atomic mass is 32.2. The van der Waals surface area contributed by atoms with Crippen LogP contribution in [0, 0.1) is 0 Å². The molecule has 0 N–H and O–H groups in total. The molecule has 33 heavy (non-hydrogen) atoms. The zero-order chi connectivity index (χ0) is 24.0. The highest BCUT2D eigenvalue weighted by molar-refractivity contribution is 7.92. The van der Waals surface area contributed by atoms with Crippen LogP contribution in [0.5, 0.6) is 0 Å². The highest BCUT2D eigenvalue weighted by Crippen LogP contribution is 2.34. The van der Waals surface area contributed by atoms with E-state index >= 15 is 0 Å². The third-order valence-corrected chi connectivity index (χ3v) is 7.63. The molecule has 172 valence electrons. The number of halogens is 3. The topological polar surface area (TPSA) is 146 Å². The maximum absolute atomic E-state index is 12.9. The van der Waals surface area contributed by atoms with Crippen LogP contribution in [-0.4, -0.2) is 53.0 Å². The monoisotopic (exact) mass is 499 g/mol. The first-order valence-electron chi connectivity index (χ1n) is 9.03. The molecule has 3 heterocycles. The SMILES string of the molecule is CCS(=O)(=O)c1cnc(-c2ncccn2)nc1-c1nc2cc(S(=O)(=O)C(F)(F)F)ccc2o1. The minimum absolute atomic E-state index is 0.0525. The van der Waals surface area contributed by atoms with Crippen molar-refractivity contribution < 1.29 is 34.4 Å². The summed E-state index contributed by atoms with van der Waals surface area (Å²) in [5, 5.41) is 0. The van der Waals surface area contributed by atoms with E-state index in [0.717, 1.165) is 12.3 Å². The summed E-state index contributed by atoms with van der Waals surface area (Å²) in [5.74, 6) is -0.645. The van der Waals surface area contributed by atoms with E-state index in [9.17, 15) is 30.0 Å². The summed E-state index contributed by atoms with van der Waals surface area (Å²) < 4.78 is 92.7. The minimum Gasteiger partial charge on any atom is -0.435 e. The molecule has 0 aliphatic carbocycles. The molecule has 0 radical (unpaired) electrons. The van der Waals surface area contributed by atoms with E-state index in [1.165, 1.54) is 19.3 Å². The fraction of sp³-hybridized carbons (Fsp3) is 0.167. The van der Waals surface area contributed by atoms with Crippen molar-refractivity contribution in [3.63, 3.8) is 0 Å². The molecule has 0 saturated carbocycles. The van der Waals surface area contributed by atoms with Crippen LogP contribution >= 0.6 is 0 Å². The van der Waals surface area contributed by atoms with Gasteiger partial charge in [0.1, 0.15) is 16.1 Å². The predicted molar refractivity (Wildman–Crippen MR) is 107 cm³/mol. The Morgan fingerprint density at radius 3 is 2.30 bits per heavy atom. The largest absolute Gasteiger partial charge is 0.501 e. The fourth-order valence-electron chi connectivity index (χ4n) is 2.74. The maximum Gasteiger partial charge on any atom is 0.501 e. The van der Waals surface area contributed by atoms with Crippen LogP contribution in [0.3, 0.4) is 0 Å². The molecule has 4 aromatic rings. The Morgan fingerprint density at radius 2 is 1.67 bits per heavy atom. The van der Waals surface area contributed by atoms with E-state index in [1.54, 1.807) is 6.07 Å². The molecule has 0 aliphatic heterocycles. The van der Waals surface area contributed by atoms with Crippen molar-refractivity contribution in [2.45, 2.75) is 22.2 Å². The molecular weight excluding hydrogens is 487 g/mol. The van der Waals surface area contributed by atoms with E-state index < -0.39 is 30.1 Å². The minimum atomic E-state index is -5.62. The molecule has 0 aliphatic rings. The van der Waals surface area contributed by atoms with Crippen molar-refractivity contribution in [1.29, 1.82) is 0 Å². The number of hydrogen-bond donors (Lipinski definition) is 0. The molecule has 0 bridgehead atoms. The van der Waals surface area contributed by atoms with E-state index in [4.69, 9.17) is 4.42 Å². The first-order chi connectivity index (χ1) is 15.4. The molecule has 4 rings (SSSR count). The average Bonchev–Trinajstić information content (AvgIpc) is 3.22. The number of sulfone groups is 2. The Kier molecular flexibility index (Phi) is 5.40. The molecule has 15 heteroatoms. The van der Waals surface area contributed by atoms with Crippen LogP contribution in [0.4, 0.5) is 13.2 Å².